The van der Waals surface area contributed by atoms with Gasteiger partial charge in [-0.1, -0.05) is 30.3 Å². The Hall–Kier alpha value is -3.61. The van der Waals surface area contributed by atoms with E-state index in [0.717, 1.165) is 0 Å². The number of nitrogens with one attached hydrogen (secondary N) is 1. The van der Waals surface area contributed by atoms with Crippen LogP contribution in [0.15, 0.2) is 71.5 Å². The summed E-state index contributed by atoms with van der Waals surface area (Å²) in [5, 5.41) is 6.95. The fourth-order valence-electron chi connectivity index (χ4n) is 2.77. The van der Waals surface area contributed by atoms with E-state index in [0.29, 0.717) is 16.8 Å². The number of aromatic nitrogens is 2. The molecule has 0 atom stereocenters. The SMILES string of the molecule is O=C(CCC(=O)c1ccccc1)NCCn1nc(-c2ccc(F)cc2)ccc1=O. The molecule has 0 aliphatic rings. The summed E-state index contributed by atoms with van der Waals surface area (Å²) < 4.78 is 14.3. The number of hydrogen-bond donors (Lipinski definition) is 1. The predicted octanol–water partition coefficient (Wildman–Crippen LogP) is 2.83. The normalized spacial score (nSPS) is 10.5. The monoisotopic (exact) mass is 393 g/mol. The molecule has 1 heterocycles. The van der Waals surface area contributed by atoms with Gasteiger partial charge in [-0.15, -0.1) is 0 Å². The molecular weight excluding hydrogens is 373 g/mol. The first-order valence-corrected chi connectivity index (χ1v) is 9.22. The third kappa shape index (κ3) is 5.68. The van der Waals surface area contributed by atoms with Gasteiger partial charge in [0.25, 0.3) is 5.56 Å². The molecule has 0 fully saturated rings. The lowest BCUT2D eigenvalue weighted by Crippen LogP contribution is -2.32. The quantitative estimate of drug-likeness (QED) is 0.597. The Bertz CT molecular complexity index is 1050. The van der Waals surface area contributed by atoms with Crippen molar-refractivity contribution in [1.29, 1.82) is 0 Å². The Morgan fingerprint density at radius 3 is 2.38 bits per heavy atom. The Labute approximate surface area is 167 Å². The zero-order valence-corrected chi connectivity index (χ0v) is 15.7. The Morgan fingerprint density at radius 2 is 1.66 bits per heavy atom. The summed E-state index contributed by atoms with van der Waals surface area (Å²) in [5.41, 5.74) is 1.49. The first-order chi connectivity index (χ1) is 14.0. The second-order valence-electron chi connectivity index (χ2n) is 6.43. The Kier molecular flexibility index (Phi) is 6.63. The summed E-state index contributed by atoms with van der Waals surface area (Å²) in [6.07, 6.45) is 0.194. The third-order valence-corrected chi connectivity index (χ3v) is 4.33. The average Bonchev–Trinajstić information content (AvgIpc) is 2.74. The van der Waals surface area contributed by atoms with Crippen LogP contribution in [0, 0.1) is 5.82 Å². The highest BCUT2D eigenvalue weighted by Gasteiger charge is 2.09. The molecule has 1 aromatic heterocycles. The molecule has 0 aliphatic carbocycles. The van der Waals surface area contributed by atoms with Gasteiger partial charge in [0, 0.05) is 36.6 Å². The van der Waals surface area contributed by atoms with E-state index in [9.17, 15) is 18.8 Å². The third-order valence-electron chi connectivity index (χ3n) is 4.33. The first-order valence-electron chi connectivity index (χ1n) is 9.22. The number of amides is 1. The fraction of sp³-hybridized carbons (Fsp3) is 0.182. The van der Waals surface area contributed by atoms with Crippen LogP contribution in [0.1, 0.15) is 23.2 Å². The van der Waals surface area contributed by atoms with Gasteiger partial charge in [0.1, 0.15) is 5.82 Å². The van der Waals surface area contributed by atoms with Crippen LogP contribution in [-0.4, -0.2) is 28.0 Å². The molecule has 0 aliphatic heterocycles. The van der Waals surface area contributed by atoms with Crippen molar-refractivity contribution in [3.8, 4) is 11.3 Å². The molecule has 148 valence electrons. The van der Waals surface area contributed by atoms with E-state index in [-0.39, 0.29) is 49.0 Å². The van der Waals surface area contributed by atoms with Gasteiger partial charge in [-0.3, -0.25) is 14.4 Å². The van der Waals surface area contributed by atoms with Gasteiger partial charge < -0.3 is 5.32 Å². The molecular formula is C22H20FN3O3. The van der Waals surface area contributed by atoms with Gasteiger partial charge in [-0.25, -0.2) is 9.07 Å². The van der Waals surface area contributed by atoms with Crippen molar-refractivity contribution in [3.63, 3.8) is 0 Å². The summed E-state index contributed by atoms with van der Waals surface area (Å²) in [4.78, 5) is 36.0. The van der Waals surface area contributed by atoms with Gasteiger partial charge in [-0.05, 0) is 30.3 Å². The average molecular weight is 393 g/mol. The number of carbonyl (C=O) groups excluding carboxylic acids is 2. The lowest BCUT2D eigenvalue weighted by Gasteiger charge is -2.08. The summed E-state index contributed by atoms with van der Waals surface area (Å²) in [6, 6.07) is 17.6. The maximum atomic E-state index is 13.1. The lowest BCUT2D eigenvalue weighted by molar-refractivity contribution is -0.121. The second kappa shape index (κ2) is 9.54. The minimum atomic E-state index is -0.351. The maximum Gasteiger partial charge on any atom is 0.266 e. The molecule has 0 bridgehead atoms. The molecule has 0 spiro atoms. The van der Waals surface area contributed by atoms with Gasteiger partial charge in [0.05, 0.1) is 12.2 Å². The van der Waals surface area contributed by atoms with E-state index < -0.39 is 0 Å². The van der Waals surface area contributed by atoms with Crippen molar-refractivity contribution in [1.82, 2.24) is 15.1 Å². The van der Waals surface area contributed by atoms with Crippen LogP contribution in [-0.2, 0) is 11.3 Å². The summed E-state index contributed by atoms with van der Waals surface area (Å²) >= 11 is 0. The number of halogens is 1. The highest BCUT2D eigenvalue weighted by atomic mass is 19.1. The predicted molar refractivity (Wildman–Crippen MR) is 107 cm³/mol. The molecule has 0 saturated heterocycles. The lowest BCUT2D eigenvalue weighted by atomic mass is 10.1. The van der Waals surface area contributed by atoms with Gasteiger partial charge in [0.2, 0.25) is 5.91 Å². The molecule has 0 saturated carbocycles. The summed E-state index contributed by atoms with van der Waals surface area (Å²) in [5.74, 6) is -0.710. The number of rotatable bonds is 8. The Balaban J connectivity index is 1.51. The van der Waals surface area contributed by atoms with Crippen molar-refractivity contribution < 1.29 is 14.0 Å². The molecule has 2 aromatic carbocycles. The zero-order valence-electron chi connectivity index (χ0n) is 15.7. The van der Waals surface area contributed by atoms with Crippen molar-refractivity contribution in [2.75, 3.05) is 6.54 Å². The van der Waals surface area contributed by atoms with E-state index in [1.807, 2.05) is 6.07 Å². The topological polar surface area (TPSA) is 81.1 Å². The van der Waals surface area contributed by atoms with Crippen LogP contribution in [0.3, 0.4) is 0 Å². The molecule has 3 rings (SSSR count). The highest BCUT2D eigenvalue weighted by Crippen LogP contribution is 2.15. The molecule has 1 N–H and O–H groups in total. The van der Waals surface area contributed by atoms with Crippen molar-refractivity contribution in [2.24, 2.45) is 0 Å². The number of Topliss-reactive ketones (excluding diaryl/α,β-unsaturated/α-hetero) is 1. The molecule has 1 amide bonds. The van der Waals surface area contributed by atoms with Crippen LogP contribution in [0.4, 0.5) is 4.39 Å². The summed E-state index contributed by atoms with van der Waals surface area (Å²) in [6.45, 7) is 0.393. The molecule has 6 nitrogen and oxygen atoms in total. The maximum absolute atomic E-state index is 13.1. The standard InChI is InChI=1S/C22H20FN3O3/c23-18-8-6-16(7-9-18)19-10-13-22(29)26(25-19)15-14-24-21(28)12-11-20(27)17-4-2-1-3-5-17/h1-10,13H,11-12,14-15H2,(H,24,28). The van der Waals surface area contributed by atoms with E-state index in [2.05, 4.69) is 10.4 Å². The number of carbonyl (C=O) groups is 2. The van der Waals surface area contributed by atoms with Gasteiger partial charge >= 0.3 is 0 Å². The van der Waals surface area contributed by atoms with Crippen molar-refractivity contribution in [2.45, 2.75) is 19.4 Å². The Morgan fingerprint density at radius 1 is 0.931 bits per heavy atom. The number of hydrogen-bond acceptors (Lipinski definition) is 4. The first kappa shape index (κ1) is 20.1. The number of nitrogens with zero attached hydrogens (tertiary/aromatic N) is 2. The van der Waals surface area contributed by atoms with E-state index in [1.54, 1.807) is 42.5 Å². The van der Waals surface area contributed by atoms with Crippen molar-refractivity contribution >= 4 is 11.7 Å². The van der Waals surface area contributed by atoms with Crippen LogP contribution < -0.4 is 10.9 Å². The zero-order chi connectivity index (χ0) is 20.6. The van der Waals surface area contributed by atoms with E-state index in [4.69, 9.17) is 0 Å². The smallest absolute Gasteiger partial charge is 0.266 e. The largest absolute Gasteiger partial charge is 0.354 e. The number of ketones is 1. The number of benzene rings is 2. The van der Waals surface area contributed by atoms with Gasteiger partial charge in [-0.2, -0.15) is 5.10 Å². The van der Waals surface area contributed by atoms with Crippen molar-refractivity contribution in [3.05, 3.63) is 88.5 Å². The van der Waals surface area contributed by atoms with E-state index in [1.165, 1.54) is 22.9 Å². The molecule has 0 radical (unpaired) electrons. The van der Waals surface area contributed by atoms with Crippen LogP contribution in [0.5, 0.6) is 0 Å². The van der Waals surface area contributed by atoms with Crippen LogP contribution >= 0.6 is 0 Å². The second-order valence-corrected chi connectivity index (χ2v) is 6.43. The van der Waals surface area contributed by atoms with Crippen LogP contribution in [0.25, 0.3) is 11.3 Å². The van der Waals surface area contributed by atoms with Crippen LogP contribution in [0.2, 0.25) is 0 Å². The molecule has 7 heteroatoms. The molecule has 3 aromatic rings. The minimum Gasteiger partial charge on any atom is -0.354 e. The molecule has 0 unspecified atom stereocenters. The highest BCUT2D eigenvalue weighted by molar-refractivity contribution is 5.97. The molecule has 29 heavy (non-hydrogen) atoms. The summed E-state index contributed by atoms with van der Waals surface area (Å²) in [7, 11) is 0. The van der Waals surface area contributed by atoms with Gasteiger partial charge in [0.15, 0.2) is 5.78 Å². The fourth-order valence-corrected chi connectivity index (χ4v) is 2.77. The minimum absolute atomic E-state index is 0.0751. The van der Waals surface area contributed by atoms with E-state index >= 15 is 0 Å².